The largest absolute Gasteiger partial charge is 0.343 e. The second kappa shape index (κ2) is 3.86. The van der Waals surface area contributed by atoms with Crippen LogP contribution in [0.1, 0.15) is 27.1 Å². The molecule has 0 bridgehead atoms. The van der Waals surface area contributed by atoms with E-state index in [0.717, 1.165) is 0 Å². The molecule has 1 aromatic carbocycles. The number of hydrogen-bond donors (Lipinski definition) is 1. The summed E-state index contributed by atoms with van der Waals surface area (Å²) in [5, 5.41) is 8.11. The fraction of sp³-hybridized carbons (Fsp3) is 0.182. The van der Waals surface area contributed by atoms with E-state index in [1.807, 2.05) is 0 Å². The van der Waals surface area contributed by atoms with Gasteiger partial charge in [-0.1, -0.05) is 24.3 Å². The summed E-state index contributed by atoms with van der Waals surface area (Å²) in [5.74, 6) is -2.84. The molecule has 0 radical (unpaired) electrons. The molecular formula is C11H8O5. The van der Waals surface area contributed by atoms with Crippen LogP contribution in [0.3, 0.4) is 0 Å². The minimum atomic E-state index is -1.06. The standard InChI is InChI=1S/C11H8O5/c12-9(16-15)5-8-10(13)6-3-1-2-4-7(6)11(8)14/h1-4,8,15H,5H2. The molecule has 0 fully saturated rings. The van der Waals surface area contributed by atoms with Gasteiger partial charge in [0.15, 0.2) is 11.6 Å². The summed E-state index contributed by atoms with van der Waals surface area (Å²) >= 11 is 0. The first-order chi connectivity index (χ1) is 7.65. The second-order valence-corrected chi connectivity index (χ2v) is 3.49. The van der Waals surface area contributed by atoms with Crippen molar-refractivity contribution in [2.75, 3.05) is 0 Å². The lowest BCUT2D eigenvalue weighted by Crippen LogP contribution is -2.20. The zero-order valence-corrected chi connectivity index (χ0v) is 8.17. The van der Waals surface area contributed by atoms with Crippen LogP contribution in [0.5, 0.6) is 0 Å². The van der Waals surface area contributed by atoms with E-state index in [4.69, 9.17) is 5.26 Å². The van der Waals surface area contributed by atoms with Crippen LogP contribution in [-0.4, -0.2) is 22.8 Å². The predicted octanol–water partition coefficient (Wildman–Crippen LogP) is 1.09. The van der Waals surface area contributed by atoms with Crippen molar-refractivity contribution in [3.05, 3.63) is 35.4 Å². The molecule has 1 aromatic rings. The van der Waals surface area contributed by atoms with Gasteiger partial charge in [0.25, 0.3) is 0 Å². The summed E-state index contributed by atoms with van der Waals surface area (Å²) in [6, 6.07) is 6.38. The van der Waals surface area contributed by atoms with E-state index in [-0.39, 0.29) is 0 Å². The fourth-order valence-electron chi connectivity index (χ4n) is 1.80. The van der Waals surface area contributed by atoms with Crippen molar-refractivity contribution in [3.63, 3.8) is 0 Å². The summed E-state index contributed by atoms with van der Waals surface area (Å²) in [4.78, 5) is 37.8. The minimum Gasteiger partial charge on any atom is -0.301 e. The predicted molar refractivity (Wildman–Crippen MR) is 51.9 cm³/mol. The van der Waals surface area contributed by atoms with Gasteiger partial charge in [0.05, 0.1) is 12.3 Å². The average molecular weight is 220 g/mol. The molecule has 1 aliphatic carbocycles. The lowest BCUT2D eigenvalue weighted by Gasteiger charge is -2.02. The van der Waals surface area contributed by atoms with Gasteiger partial charge in [0, 0.05) is 11.1 Å². The Balaban J connectivity index is 2.32. The number of rotatable bonds is 2. The van der Waals surface area contributed by atoms with Crippen molar-refractivity contribution in [1.29, 1.82) is 0 Å². The smallest absolute Gasteiger partial charge is 0.301 e. The Morgan fingerprint density at radius 3 is 2.12 bits per heavy atom. The number of fused-ring (bicyclic) bond motifs is 1. The fourth-order valence-corrected chi connectivity index (χ4v) is 1.80. The van der Waals surface area contributed by atoms with Crippen LogP contribution in [-0.2, 0) is 9.68 Å². The second-order valence-electron chi connectivity index (χ2n) is 3.49. The third-order valence-corrected chi connectivity index (χ3v) is 2.56. The molecule has 1 N–H and O–H groups in total. The van der Waals surface area contributed by atoms with Crippen molar-refractivity contribution >= 4 is 17.5 Å². The van der Waals surface area contributed by atoms with Gasteiger partial charge in [-0.15, -0.1) is 0 Å². The Hall–Kier alpha value is -2.01. The molecule has 82 valence electrons. The van der Waals surface area contributed by atoms with Crippen molar-refractivity contribution in [1.82, 2.24) is 0 Å². The number of ketones is 2. The Labute approximate surface area is 90.6 Å². The Bertz CT molecular complexity index is 442. The van der Waals surface area contributed by atoms with Gasteiger partial charge in [-0.05, 0) is 0 Å². The first-order valence-corrected chi connectivity index (χ1v) is 4.67. The third-order valence-electron chi connectivity index (χ3n) is 2.56. The van der Waals surface area contributed by atoms with Crippen LogP contribution in [0.25, 0.3) is 0 Å². The van der Waals surface area contributed by atoms with Gasteiger partial charge in [0.2, 0.25) is 0 Å². The first kappa shape index (κ1) is 10.5. The molecule has 5 nitrogen and oxygen atoms in total. The molecule has 0 heterocycles. The molecule has 0 atom stereocenters. The van der Waals surface area contributed by atoms with E-state index in [1.165, 1.54) is 0 Å². The van der Waals surface area contributed by atoms with Crippen LogP contribution < -0.4 is 0 Å². The SMILES string of the molecule is O=C(CC1C(=O)c2ccccc2C1=O)OO. The van der Waals surface area contributed by atoms with Gasteiger partial charge in [0.1, 0.15) is 0 Å². The Morgan fingerprint density at radius 2 is 1.69 bits per heavy atom. The minimum absolute atomic E-state index is 0.322. The molecule has 0 aromatic heterocycles. The molecule has 0 saturated carbocycles. The number of carbonyl (C=O) groups excluding carboxylic acids is 3. The van der Waals surface area contributed by atoms with Gasteiger partial charge in [-0.25, -0.2) is 4.79 Å². The third kappa shape index (κ3) is 1.51. The summed E-state index contributed by atoms with van der Waals surface area (Å²) in [7, 11) is 0. The van der Waals surface area contributed by atoms with Crippen molar-refractivity contribution < 1.29 is 24.5 Å². The summed E-state index contributed by atoms with van der Waals surface area (Å²) in [6.45, 7) is 0. The highest BCUT2D eigenvalue weighted by molar-refractivity contribution is 6.27. The first-order valence-electron chi connectivity index (χ1n) is 4.67. The summed E-state index contributed by atoms with van der Waals surface area (Å²) in [5.41, 5.74) is 0.645. The van der Waals surface area contributed by atoms with E-state index < -0.39 is 29.9 Å². The Kier molecular flexibility index (Phi) is 2.54. The number of carbonyl (C=O) groups is 3. The van der Waals surface area contributed by atoms with Crippen LogP contribution >= 0.6 is 0 Å². The highest BCUT2D eigenvalue weighted by atomic mass is 17.1. The zero-order chi connectivity index (χ0) is 11.7. The topological polar surface area (TPSA) is 80.7 Å². The van der Waals surface area contributed by atoms with Gasteiger partial charge in [-0.3, -0.25) is 9.59 Å². The van der Waals surface area contributed by atoms with Crippen LogP contribution in [0.4, 0.5) is 0 Å². The maximum absolute atomic E-state index is 11.7. The van der Waals surface area contributed by atoms with Crippen LogP contribution in [0.15, 0.2) is 24.3 Å². The molecule has 2 rings (SSSR count). The van der Waals surface area contributed by atoms with Crippen molar-refractivity contribution in [2.45, 2.75) is 6.42 Å². The van der Waals surface area contributed by atoms with Gasteiger partial charge in [-0.2, -0.15) is 5.26 Å². The molecule has 0 saturated heterocycles. The molecule has 0 spiro atoms. The van der Waals surface area contributed by atoms with E-state index in [9.17, 15) is 14.4 Å². The molecular weight excluding hydrogens is 212 g/mol. The number of hydrogen-bond acceptors (Lipinski definition) is 5. The molecule has 16 heavy (non-hydrogen) atoms. The monoisotopic (exact) mass is 220 g/mol. The highest BCUT2D eigenvalue weighted by Crippen LogP contribution is 2.28. The molecule has 1 aliphatic rings. The summed E-state index contributed by atoms with van der Waals surface area (Å²) in [6.07, 6.45) is -0.428. The van der Waals surface area contributed by atoms with Gasteiger partial charge >= 0.3 is 5.97 Å². The highest BCUT2D eigenvalue weighted by Gasteiger charge is 2.39. The van der Waals surface area contributed by atoms with E-state index >= 15 is 0 Å². The number of Topliss-reactive ketones (excluding diaryl/α,β-unsaturated/α-hetero) is 2. The van der Waals surface area contributed by atoms with Crippen molar-refractivity contribution in [3.8, 4) is 0 Å². The van der Waals surface area contributed by atoms with E-state index in [2.05, 4.69) is 4.89 Å². The lowest BCUT2D eigenvalue weighted by molar-refractivity contribution is -0.234. The maximum Gasteiger partial charge on any atom is 0.343 e. The van der Waals surface area contributed by atoms with Crippen molar-refractivity contribution in [2.24, 2.45) is 5.92 Å². The summed E-state index contributed by atoms with van der Waals surface area (Å²) < 4.78 is 0. The van der Waals surface area contributed by atoms with E-state index in [0.29, 0.717) is 11.1 Å². The zero-order valence-electron chi connectivity index (χ0n) is 8.17. The maximum atomic E-state index is 11.7. The van der Waals surface area contributed by atoms with Gasteiger partial charge < -0.3 is 4.89 Å². The normalized spacial score (nSPS) is 15.1. The van der Waals surface area contributed by atoms with E-state index in [1.54, 1.807) is 24.3 Å². The molecule has 0 aliphatic heterocycles. The van der Waals surface area contributed by atoms with Crippen LogP contribution in [0.2, 0.25) is 0 Å². The molecule has 5 heteroatoms. The Morgan fingerprint density at radius 1 is 1.19 bits per heavy atom. The quantitative estimate of drug-likeness (QED) is 0.458. The van der Waals surface area contributed by atoms with Crippen LogP contribution in [0, 0.1) is 5.92 Å². The molecule has 0 amide bonds. The molecule has 0 unspecified atom stereocenters. The lowest BCUT2D eigenvalue weighted by atomic mass is 10.0. The number of benzene rings is 1. The average Bonchev–Trinajstić information content (AvgIpc) is 2.55.